The minimum atomic E-state index is -0.490. The maximum Gasteiger partial charge on any atom is 0.133 e. The molecule has 0 amide bonds. The Bertz CT molecular complexity index is 2400. The summed E-state index contributed by atoms with van der Waals surface area (Å²) in [6, 6.07) is 55.2. The van der Waals surface area contributed by atoms with Crippen molar-refractivity contribution in [2.24, 2.45) is 0 Å². The van der Waals surface area contributed by atoms with E-state index < -0.39 is 5.41 Å². The molecule has 1 aromatic heterocycles. The van der Waals surface area contributed by atoms with E-state index in [2.05, 4.69) is 156 Å². The van der Waals surface area contributed by atoms with Crippen molar-refractivity contribution in [1.82, 2.24) is 4.57 Å². The predicted octanol–water partition coefficient (Wildman–Crippen LogP) is 10.4. The molecule has 2 heterocycles. The van der Waals surface area contributed by atoms with Crippen LogP contribution in [0.1, 0.15) is 22.3 Å². The molecule has 1 aliphatic heterocycles. The van der Waals surface area contributed by atoms with E-state index >= 15 is 0 Å². The topological polar surface area (TPSA) is 14.2 Å². The van der Waals surface area contributed by atoms with Crippen LogP contribution in [-0.4, -0.2) is 4.57 Å². The van der Waals surface area contributed by atoms with Crippen molar-refractivity contribution in [3.05, 3.63) is 174 Å². The largest absolute Gasteiger partial charge is 0.457 e. The Morgan fingerprint density at radius 2 is 1.07 bits per heavy atom. The zero-order chi connectivity index (χ0) is 28.1. The lowest BCUT2D eigenvalue weighted by Gasteiger charge is -2.39. The Morgan fingerprint density at radius 3 is 1.88 bits per heavy atom. The van der Waals surface area contributed by atoms with Crippen molar-refractivity contribution >= 4 is 32.6 Å². The summed E-state index contributed by atoms with van der Waals surface area (Å²) in [6.45, 7) is 0. The summed E-state index contributed by atoms with van der Waals surface area (Å²) >= 11 is 0. The number of rotatable bonds is 1. The molecule has 7 aromatic carbocycles. The van der Waals surface area contributed by atoms with Crippen LogP contribution in [0.15, 0.2) is 152 Å². The number of fused-ring (bicyclic) bond motifs is 13. The van der Waals surface area contributed by atoms with Gasteiger partial charge in [0.1, 0.15) is 11.5 Å². The highest BCUT2D eigenvalue weighted by Crippen LogP contribution is 2.62. The molecule has 2 nitrogen and oxygen atoms in total. The van der Waals surface area contributed by atoms with Crippen molar-refractivity contribution in [3.8, 4) is 28.3 Å². The third-order valence-electron chi connectivity index (χ3n) is 9.63. The smallest absolute Gasteiger partial charge is 0.133 e. The van der Waals surface area contributed by atoms with Crippen molar-refractivity contribution in [2.75, 3.05) is 0 Å². The molecule has 200 valence electrons. The van der Waals surface area contributed by atoms with Gasteiger partial charge in [0.15, 0.2) is 0 Å². The van der Waals surface area contributed by atoms with Crippen LogP contribution < -0.4 is 4.74 Å². The van der Waals surface area contributed by atoms with Gasteiger partial charge in [-0.1, -0.05) is 115 Å². The van der Waals surface area contributed by atoms with Gasteiger partial charge in [-0.3, -0.25) is 0 Å². The summed E-state index contributed by atoms with van der Waals surface area (Å²) in [7, 11) is 0. The second kappa shape index (κ2) is 8.24. The van der Waals surface area contributed by atoms with Crippen LogP contribution in [0, 0.1) is 0 Å². The summed E-state index contributed by atoms with van der Waals surface area (Å²) in [5.41, 5.74) is 10.6. The lowest BCUT2D eigenvalue weighted by Crippen LogP contribution is -2.32. The number of aromatic nitrogens is 1. The Kier molecular flexibility index (Phi) is 4.41. The second-order valence-electron chi connectivity index (χ2n) is 11.7. The molecule has 10 rings (SSSR count). The van der Waals surface area contributed by atoms with E-state index in [0.717, 1.165) is 17.2 Å². The highest BCUT2D eigenvalue weighted by molar-refractivity contribution is 6.11. The van der Waals surface area contributed by atoms with Gasteiger partial charge in [-0.2, -0.15) is 0 Å². The van der Waals surface area contributed by atoms with Crippen LogP contribution in [0.2, 0.25) is 0 Å². The van der Waals surface area contributed by atoms with Gasteiger partial charge in [-0.05, 0) is 69.4 Å². The summed E-state index contributed by atoms with van der Waals surface area (Å²) in [5, 5.41) is 4.89. The Balaban J connectivity index is 1.37. The monoisotopic (exact) mass is 547 g/mol. The van der Waals surface area contributed by atoms with Crippen LogP contribution in [0.5, 0.6) is 11.5 Å². The van der Waals surface area contributed by atoms with Gasteiger partial charge in [0.05, 0.1) is 16.4 Å². The van der Waals surface area contributed by atoms with Crippen LogP contribution in [0.4, 0.5) is 0 Å². The van der Waals surface area contributed by atoms with Gasteiger partial charge in [0, 0.05) is 27.6 Å². The van der Waals surface area contributed by atoms with Crippen molar-refractivity contribution < 1.29 is 4.74 Å². The third-order valence-corrected chi connectivity index (χ3v) is 9.63. The van der Waals surface area contributed by atoms with E-state index in [4.69, 9.17) is 4.74 Å². The van der Waals surface area contributed by atoms with E-state index in [1.807, 2.05) is 0 Å². The zero-order valence-corrected chi connectivity index (χ0v) is 23.3. The lowest BCUT2D eigenvalue weighted by molar-refractivity contribution is 0.437. The second-order valence-corrected chi connectivity index (χ2v) is 11.7. The highest BCUT2D eigenvalue weighted by atomic mass is 16.5. The lowest BCUT2D eigenvalue weighted by atomic mass is 9.66. The van der Waals surface area contributed by atoms with Crippen molar-refractivity contribution in [1.29, 1.82) is 0 Å². The number of benzene rings is 7. The van der Waals surface area contributed by atoms with E-state index in [1.54, 1.807) is 0 Å². The van der Waals surface area contributed by atoms with Gasteiger partial charge in [-0.15, -0.1) is 0 Å². The molecule has 43 heavy (non-hydrogen) atoms. The Labute approximate surface area is 249 Å². The van der Waals surface area contributed by atoms with Crippen LogP contribution in [-0.2, 0) is 5.41 Å². The fourth-order valence-corrected chi connectivity index (χ4v) is 7.91. The number of hydrogen-bond acceptors (Lipinski definition) is 1. The molecule has 0 unspecified atom stereocenters. The molecule has 0 saturated heterocycles. The quantitative estimate of drug-likeness (QED) is 0.199. The maximum absolute atomic E-state index is 6.81. The summed E-state index contributed by atoms with van der Waals surface area (Å²) in [5.74, 6) is 1.83. The number of para-hydroxylation sites is 2. The third kappa shape index (κ3) is 2.88. The molecule has 1 spiro atoms. The predicted molar refractivity (Wildman–Crippen MR) is 176 cm³/mol. The fourth-order valence-electron chi connectivity index (χ4n) is 7.91. The minimum absolute atomic E-state index is 0.490. The highest BCUT2D eigenvalue weighted by Gasteiger charge is 2.51. The van der Waals surface area contributed by atoms with E-state index in [0.29, 0.717) is 0 Å². The number of hydrogen-bond donors (Lipinski definition) is 0. The average molecular weight is 548 g/mol. The first-order valence-electron chi connectivity index (χ1n) is 14.9. The molecule has 0 bridgehead atoms. The Morgan fingerprint density at radius 1 is 0.419 bits per heavy atom. The standard InChI is InChI=1S/C41H25NO/c1-2-12-27-23-28(22-21-26(27)11-1)42-37-19-9-5-15-31(37)32-24-40-36(25-38(32)42)41(35-18-8-10-20-39(35)43-40)33-16-6-3-13-29(33)30-14-4-7-17-34(30)41/h1-25H. The summed E-state index contributed by atoms with van der Waals surface area (Å²) < 4.78 is 9.24. The molecule has 0 atom stereocenters. The van der Waals surface area contributed by atoms with Gasteiger partial charge in [-0.25, -0.2) is 0 Å². The molecule has 0 radical (unpaired) electrons. The molecule has 0 N–H and O–H groups in total. The van der Waals surface area contributed by atoms with Gasteiger partial charge in [0.2, 0.25) is 0 Å². The maximum atomic E-state index is 6.81. The van der Waals surface area contributed by atoms with E-state index in [-0.39, 0.29) is 0 Å². The first-order chi connectivity index (χ1) is 21.3. The molecular formula is C41H25NO. The molecule has 1 aliphatic carbocycles. The van der Waals surface area contributed by atoms with E-state index in [9.17, 15) is 0 Å². The molecule has 2 heteroatoms. The molecule has 2 aliphatic rings. The summed E-state index contributed by atoms with van der Waals surface area (Å²) in [4.78, 5) is 0. The van der Waals surface area contributed by atoms with Crippen molar-refractivity contribution in [3.63, 3.8) is 0 Å². The molecule has 8 aromatic rings. The average Bonchev–Trinajstić information content (AvgIpc) is 3.55. The number of ether oxygens (including phenoxy) is 1. The first-order valence-corrected chi connectivity index (χ1v) is 14.9. The fraction of sp³-hybridized carbons (Fsp3) is 0.0244. The summed E-state index contributed by atoms with van der Waals surface area (Å²) in [6.07, 6.45) is 0. The number of nitrogens with zero attached hydrogens (tertiary/aromatic N) is 1. The normalized spacial score (nSPS) is 14.0. The van der Waals surface area contributed by atoms with Crippen LogP contribution in [0.25, 0.3) is 49.4 Å². The van der Waals surface area contributed by atoms with Crippen LogP contribution in [0.3, 0.4) is 0 Å². The zero-order valence-electron chi connectivity index (χ0n) is 23.3. The van der Waals surface area contributed by atoms with E-state index in [1.165, 1.54) is 66.0 Å². The van der Waals surface area contributed by atoms with Gasteiger partial charge in [0.25, 0.3) is 0 Å². The SMILES string of the molecule is c1ccc2c(c1)Oc1cc3c4ccccc4n(-c4ccc5ccccc5c4)c3cc1C21c2ccccc2-c2ccccc21. The van der Waals surface area contributed by atoms with Gasteiger partial charge >= 0.3 is 0 Å². The van der Waals surface area contributed by atoms with Gasteiger partial charge < -0.3 is 9.30 Å². The van der Waals surface area contributed by atoms with Crippen molar-refractivity contribution in [2.45, 2.75) is 5.41 Å². The first kappa shape index (κ1) is 23.0. The van der Waals surface area contributed by atoms with Crippen LogP contribution >= 0.6 is 0 Å². The Hall–Kier alpha value is -5.60. The molecule has 0 saturated carbocycles. The minimum Gasteiger partial charge on any atom is -0.457 e. The molecular weight excluding hydrogens is 522 g/mol. The molecule has 0 fully saturated rings.